The van der Waals surface area contributed by atoms with E-state index in [0.29, 0.717) is 11.6 Å². The van der Waals surface area contributed by atoms with Crippen LogP contribution in [0.2, 0.25) is 0 Å². The molecule has 1 aliphatic heterocycles. The number of hydrogen-bond donors (Lipinski definition) is 0. The molecule has 0 aromatic heterocycles. The Morgan fingerprint density at radius 1 is 1.06 bits per heavy atom. The summed E-state index contributed by atoms with van der Waals surface area (Å²) in [6.45, 7) is 10.4. The van der Waals surface area contributed by atoms with E-state index in [1.807, 2.05) is 0 Å². The van der Waals surface area contributed by atoms with Crippen LogP contribution in [0.25, 0.3) is 0 Å². The van der Waals surface area contributed by atoms with Crippen molar-refractivity contribution in [2.24, 2.45) is 5.92 Å². The van der Waals surface area contributed by atoms with Gasteiger partial charge in [0.25, 0.3) is 0 Å². The van der Waals surface area contributed by atoms with Crippen LogP contribution >= 0.6 is 0 Å². The predicted octanol–water partition coefficient (Wildman–Crippen LogP) is 3.07. The zero-order valence-corrected chi connectivity index (χ0v) is 11.2. The Labute approximate surface area is 100 Å². The molecule has 0 bridgehead atoms. The maximum Gasteiger partial charge on any atom is 0.0703 e. The van der Waals surface area contributed by atoms with E-state index in [1.165, 1.54) is 38.6 Å². The van der Waals surface area contributed by atoms with Crippen LogP contribution in [-0.2, 0) is 4.74 Å². The molecule has 1 unspecified atom stereocenters. The third-order valence-corrected chi connectivity index (χ3v) is 4.10. The van der Waals surface area contributed by atoms with Crippen molar-refractivity contribution in [3.63, 3.8) is 0 Å². The van der Waals surface area contributed by atoms with Gasteiger partial charge in [-0.15, -0.1) is 0 Å². The van der Waals surface area contributed by atoms with E-state index in [9.17, 15) is 0 Å². The molecule has 2 heteroatoms. The van der Waals surface area contributed by atoms with Crippen molar-refractivity contribution in [1.29, 1.82) is 0 Å². The SMILES string of the molecule is CC(C)(C)N(CC1CCC1)CC1CCCO1. The Morgan fingerprint density at radius 3 is 2.25 bits per heavy atom. The normalized spacial score (nSPS) is 27.4. The van der Waals surface area contributed by atoms with Crippen molar-refractivity contribution < 1.29 is 4.74 Å². The Morgan fingerprint density at radius 2 is 1.81 bits per heavy atom. The van der Waals surface area contributed by atoms with Crippen LogP contribution in [0.3, 0.4) is 0 Å². The molecule has 1 saturated heterocycles. The summed E-state index contributed by atoms with van der Waals surface area (Å²) in [7, 11) is 0. The van der Waals surface area contributed by atoms with E-state index < -0.39 is 0 Å². The standard InChI is InChI=1S/C14H27NO/c1-14(2,3)15(10-12-6-4-7-12)11-13-8-5-9-16-13/h12-13H,4-11H2,1-3H3. The van der Waals surface area contributed by atoms with Gasteiger partial charge in [-0.3, -0.25) is 4.90 Å². The molecular weight excluding hydrogens is 198 g/mol. The lowest BCUT2D eigenvalue weighted by Crippen LogP contribution is -2.48. The van der Waals surface area contributed by atoms with Gasteiger partial charge in [-0.1, -0.05) is 6.42 Å². The smallest absolute Gasteiger partial charge is 0.0703 e. The van der Waals surface area contributed by atoms with Crippen LogP contribution in [0.15, 0.2) is 0 Å². The highest BCUT2D eigenvalue weighted by Crippen LogP contribution is 2.30. The first-order valence-corrected chi connectivity index (χ1v) is 6.92. The van der Waals surface area contributed by atoms with Crippen LogP contribution in [0.4, 0.5) is 0 Å². The van der Waals surface area contributed by atoms with Crippen molar-refractivity contribution in [3.8, 4) is 0 Å². The quantitative estimate of drug-likeness (QED) is 0.729. The molecule has 2 rings (SSSR count). The number of rotatable bonds is 4. The molecular formula is C14H27NO. The molecule has 2 nitrogen and oxygen atoms in total. The second kappa shape index (κ2) is 5.05. The fourth-order valence-electron chi connectivity index (χ4n) is 2.64. The minimum absolute atomic E-state index is 0.293. The van der Waals surface area contributed by atoms with E-state index in [4.69, 9.17) is 4.74 Å². The highest BCUT2D eigenvalue weighted by molar-refractivity contribution is 4.84. The lowest BCUT2D eigenvalue weighted by molar-refractivity contribution is 0.0208. The lowest BCUT2D eigenvalue weighted by atomic mass is 9.84. The number of hydrogen-bond acceptors (Lipinski definition) is 2. The summed E-state index contributed by atoms with van der Waals surface area (Å²) in [5, 5.41) is 0. The summed E-state index contributed by atoms with van der Waals surface area (Å²) < 4.78 is 5.77. The second-order valence-corrected chi connectivity index (χ2v) is 6.51. The Bertz CT molecular complexity index is 211. The van der Waals surface area contributed by atoms with Gasteiger partial charge in [-0.25, -0.2) is 0 Å². The van der Waals surface area contributed by atoms with Crippen LogP contribution in [0, 0.1) is 5.92 Å². The van der Waals surface area contributed by atoms with Crippen molar-refractivity contribution in [1.82, 2.24) is 4.90 Å². The highest BCUT2D eigenvalue weighted by atomic mass is 16.5. The lowest BCUT2D eigenvalue weighted by Gasteiger charge is -2.41. The second-order valence-electron chi connectivity index (χ2n) is 6.51. The van der Waals surface area contributed by atoms with Crippen molar-refractivity contribution >= 4 is 0 Å². The van der Waals surface area contributed by atoms with E-state index in [-0.39, 0.29) is 0 Å². The number of ether oxygens (including phenoxy) is 1. The van der Waals surface area contributed by atoms with Gasteiger partial charge in [0, 0.05) is 25.2 Å². The summed E-state index contributed by atoms with van der Waals surface area (Å²) in [6.07, 6.45) is 7.35. The largest absolute Gasteiger partial charge is 0.377 e. The van der Waals surface area contributed by atoms with E-state index in [1.54, 1.807) is 0 Å². The predicted molar refractivity (Wildman–Crippen MR) is 67.6 cm³/mol. The van der Waals surface area contributed by atoms with Gasteiger partial charge < -0.3 is 4.74 Å². The molecule has 1 atom stereocenters. The van der Waals surface area contributed by atoms with E-state index in [2.05, 4.69) is 25.7 Å². The molecule has 1 aliphatic carbocycles. The molecule has 0 aromatic rings. The first-order chi connectivity index (χ1) is 7.55. The minimum Gasteiger partial charge on any atom is -0.377 e. The van der Waals surface area contributed by atoms with Crippen LogP contribution in [-0.4, -0.2) is 36.2 Å². The average molecular weight is 225 g/mol. The zero-order chi connectivity index (χ0) is 11.6. The Balaban J connectivity index is 1.85. The Hall–Kier alpha value is -0.0800. The van der Waals surface area contributed by atoms with Crippen molar-refractivity contribution in [2.45, 2.75) is 64.5 Å². The van der Waals surface area contributed by atoms with Gasteiger partial charge >= 0.3 is 0 Å². The summed E-state index contributed by atoms with van der Waals surface area (Å²) >= 11 is 0. The molecule has 94 valence electrons. The first-order valence-electron chi connectivity index (χ1n) is 6.92. The summed E-state index contributed by atoms with van der Waals surface area (Å²) in [5.41, 5.74) is 0.293. The summed E-state index contributed by atoms with van der Waals surface area (Å²) in [6, 6.07) is 0. The molecule has 0 N–H and O–H groups in total. The van der Waals surface area contributed by atoms with Crippen LogP contribution < -0.4 is 0 Å². The van der Waals surface area contributed by atoms with E-state index in [0.717, 1.165) is 19.1 Å². The number of nitrogens with zero attached hydrogens (tertiary/aromatic N) is 1. The van der Waals surface area contributed by atoms with Crippen molar-refractivity contribution in [2.75, 3.05) is 19.7 Å². The fraction of sp³-hybridized carbons (Fsp3) is 1.00. The van der Waals surface area contributed by atoms with Crippen LogP contribution in [0.5, 0.6) is 0 Å². The molecule has 2 aliphatic rings. The van der Waals surface area contributed by atoms with Gasteiger partial charge in [0.1, 0.15) is 0 Å². The first kappa shape index (κ1) is 12.4. The van der Waals surface area contributed by atoms with Gasteiger partial charge in [0.2, 0.25) is 0 Å². The molecule has 0 spiro atoms. The maximum absolute atomic E-state index is 5.77. The van der Waals surface area contributed by atoms with E-state index >= 15 is 0 Å². The topological polar surface area (TPSA) is 12.5 Å². The third kappa shape index (κ3) is 3.21. The summed E-state index contributed by atoms with van der Waals surface area (Å²) in [4.78, 5) is 2.65. The van der Waals surface area contributed by atoms with Gasteiger partial charge in [-0.2, -0.15) is 0 Å². The fourth-order valence-corrected chi connectivity index (χ4v) is 2.64. The highest BCUT2D eigenvalue weighted by Gasteiger charge is 2.30. The molecule has 0 radical (unpaired) electrons. The third-order valence-electron chi connectivity index (χ3n) is 4.10. The van der Waals surface area contributed by atoms with Gasteiger partial charge in [-0.05, 0) is 52.4 Å². The maximum atomic E-state index is 5.77. The Kier molecular flexibility index (Phi) is 3.91. The zero-order valence-electron chi connectivity index (χ0n) is 11.2. The van der Waals surface area contributed by atoms with Crippen molar-refractivity contribution in [3.05, 3.63) is 0 Å². The molecule has 0 aromatic carbocycles. The van der Waals surface area contributed by atoms with Crippen LogP contribution in [0.1, 0.15) is 52.9 Å². The summed E-state index contributed by atoms with van der Waals surface area (Å²) in [5.74, 6) is 0.959. The molecule has 0 amide bonds. The minimum atomic E-state index is 0.293. The van der Waals surface area contributed by atoms with Gasteiger partial charge in [0.15, 0.2) is 0 Å². The van der Waals surface area contributed by atoms with Gasteiger partial charge in [0.05, 0.1) is 6.10 Å². The molecule has 2 fully saturated rings. The monoisotopic (exact) mass is 225 g/mol. The molecule has 1 saturated carbocycles. The molecule has 16 heavy (non-hydrogen) atoms. The average Bonchev–Trinajstić information content (AvgIpc) is 2.59. The molecule has 1 heterocycles.